The molecule has 1 heterocycles. The molecular formula is C10H17N3O3S. The second-order valence-corrected chi connectivity index (χ2v) is 4.46. The van der Waals surface area contributed by atoms with E-state index in [0.29, 0.717) is 29.5 Å². The monoisotopic (exact) mass is 259 g/mol. The lowest BCUT2D eigenvalue weighted by molar-refractivity contribution is 0.100. The van der Waals surface area contributed by atoms with Gasteiger partial charge in [-0.3, -0.25) is 4.79 Å². The van der Waals surface area contributed by atoms with Crippen molar-refractivity contribution in [1.82, 2.24) is 0 Å². The third-order valence-electron chi connectivity index (χ3n) is 2.29. The molecule has 0 atom stereocenters. The normalized spacial score (nSPS) is 10.3. The van der Waals surface area contributed by atoms with E-state index in [-0.39, 0.29) is 0 Å². The number of carbonyl (C=O) groups excluding carboxylic acids is 1. The Labute approximate surface area is 104 Å². The lowest BCUT2D eigenvalue weighted by atomic mass is 10.3. The molecule has 1 amide bonds. The van der Waals surface area contributed by atoms with Crippen molar-refractivity contribution in [2.24, 2.45) is 5.73 Å². The summed E-state index contributed by atoms with van der Waals surface area (Å²) >= 11 is 1.22. The smallest absolute Gasteiger partial charge is 0.261 e. The van der Waals surface area contributed by atoms with E-state index in [1.807, 2.05) is 11.9 Å². The largest absolute Gasteiger partial charge is 0.492 e. The van der Waals surface area contributed by atoms with E-state index in [0.717, 1.165) is 5.00 Å². The maximum atomic E-state index is 11.2. The highest BCUT2D eigenvalue weighted by molar-refractivity contribution is 7.19. The molecule has 0 saturated heterocycles. The summed E-state index contributed by atoms with van der Waals surface area (Å²) in [5, 5.41) is 0.774. The molecule has 0 unspecified atom stereocenters. The minimum Gasteiger partial charge on any atom is -0.492 e. The van der Waals surface area contributed by atoms with E-state index < -0.39 is 5.91 Å². The number of hydrogen-bond donors (Lipinski definition) is 2. The number of carbonyl (C=O) groups is 1. The summed E-state index contributed by atoms with van der Waals surface area (Å²) in [7, 11) is 5.01. The molecule has 1 aromatic rings. The Balaban J connectivity index is 3.06. The van der Waals surface area contributed by atoms with Crippen LogP contribution in [-0.2, 0) is 4.74 Å². The fraction of sp³-hybridized carbons (Fsp3) is 0.500. The van der Waals surface area contributed by atoms with Gasteiger partial charge in [0.25, 0.3) is 5.91 Å². The topological polar surface area (TPSA) is 90.8 Å². The van der Waals surface area contributed by atoms with Gasteiger partial charge in [-0.05, 0) is 0 Å². The second kappa shape index (κ2) is 5.74. The van der Waals surface area contributed by atoms with Gasteiger partial charge in [0.1, 0.15) is 15.6 Å². The molecule has 4 N–H and O–H groups in total. The van der Waals surface area contributed by atoms with Gasteiger partial charge in [-0.15, -0.1) is 11.3 Å². The molecule has 0 saturated carbocycles. The summed E-state index contributed by atoms with van der Waals surface area (Å²) in [4.78, 5) is 13.4. The van der Waals surface area contributed by atoms with Gasteiger partial charge in [0.05, 0.1) is 13.7 Å². The summed E-state index contributed by atoms with van der Waals surface area (Å²) in [6.07, 6.45) is 0. The SMILES string of the molecule is COCCN(C)c1sc(C(N)=O)c(N)c1OC. The van der Waals surface area contributed by atoms with Crippen LogP contribution in [0.4, 0.5) is 10.7 Å². The van der Waals surface area contributed by atoms with Crippen molar-refractivity contribution in [2.75, 3.05) is 45.1 Å². The molecule has 96 valence electrons. The molecule has 1 aromatic heterocycles. The predicted molar refractivity (Wildman–Crippen MR) is 68.9 cm³/mol. The minimum atomic E-state index is -0.544. The first-order chi connectivity index (χ1) is 8.02. The number of likely N-dealkylation sites (N-methyl/N-ethyl adjacent to an activating group) is 1. The van der Waals surface area contributed by atoms with Crippen LogP contribution in [0.5, 0.6) is 5.75 Å². The fourth-order valence-corrected chi connectivity index (χ4v) is 2.41. The summed E-state index contributed by atoms with van der Waals surface area (Å²) in [5.41, 5.74) is 11.3. The zero-order valence-corrected chi connectivity index (χ0v) is 11.0. The number of anilines is 2. The lowest BCUT2D eigenvalue weighted by Crippen LogP contribution is -2.21. The van der Waals surface area contributed by atoms with E-state index in [1.165, 1.54) is 18.4 Å². The Bertz CT molecular complexity index is 406. The Morgan fingerprint density at radius 1 is 1.47 bits per heavy atom. The van der Waals surface area contributed by atoms with Crippen LogP contribution in [0.2, 0.25) is 0 Å². The average molecular weight is 259 g/mol. The van der Waals surface area contributed by atoms with Crippen molar-refractivity contribution >= 4 is 27.9 Å². The zero-order valence-electron chi connectivity index (χ0n) is 10.1. The highest BCUT2D eigenvalue weighted by Crippen LogP contribution is 2.43. The molecule has 0 radical (unpaired) electrons. The zero-order chi connectivity index (χ0) is 13.0. The van der Waals surface area contributed by atoms with Gasteiger partial charge in [-0.1, -0.05) is 0 Å². The van der Waals surface area contributed by atoms with Crippen LogP contribution in [0.15, 0.2) is 0 Å². The van der Waals surface area contributed by atoms with Crippen LogP contribution in [0, 0.1) is 0 Å². The first-order valence-corrected chi connectivity index (χ1v) is 5.80. The van der Waals surface area contributed by atoms with Crippen LogP contribution in [0.1, 0.15) is 9.67 Å². The van der Waals surface area contributed by atoms with E-state index in [4.69, 9.17) is 20.9 Å². The summed E-state index contributed by atoms with van der Waals surface area (Å²) in [6, 6.07) is 0. The van der Waals surface area contributed by atoms with Crippen molar-refractivity contribution in [3.63, 3.8) is 0 Å². The lowest BCUT2D eigenvalue weighted by Gasteiger charge is -2.17. The van der Waals surface area contributed by atoms with Crippen molar-refractivity contribution in [1.29, 1.82) is 0 Å². The first-order valence-electron chi connectivity index (χ1n) is 4.99. The molecule has 7 heteroatoms. The number of nitrogens with zero attached hydrogens (tertiary/aromatic N) is 1. The number of nitrogen functional groups attached to an aromatic ring is 1. The van der Waals surface area contributed by atoms with Crippen LogP contribution in [0.25, 0.3) is 0 Å². The van der Waals surface area contributed by atoms with Crippen molar-refractivity contribution < 1.29 is 14.3 Å². The number of primary amides is 1. The standard InChI is InChI=1S/C10H17N3O3S/c1-13(4-5-15-2)10-7(16-3)6(11)8(17-10)9(12)14/h4-5,11H2,1-3H3,(H2,12,14). The van der Waals surface area contributed by atoms with E-state index in [2.05, 4.69) is 0 Å². The fourth-order valence-electron chi connectivity index (χ4n) is 1.38. The Morgan fingerprint density at radius 2 is 2.12 bits per heavy atom. The number of thiophene rings is 1. The highest BCUT2D eigenvalue weighted by Gasteiger charge is 2.22. The third-order valence-corrected chi connectivity index (χ3v) is 3.60. The van der Waals surface area contributed by atoms with Gasteiger partial charge >= 0.3 is 0 Å². The van der Waals surface area contributed by atoms with Gasteiger partial charge in [-0.25, -0.2) is 0 Å². The van der Waals surface area contributed by atoms with Gasteiger partial charge in [0, 0.05) is 20.7 Å². The van der Waals surface area contributed by atoms with Crippen molar-refractivity contribution in [2.45, 2.75) is 0 Å². The van der Waals surface area contributed by atoms with Crippen LogP contribution < -0.4 is 21.1 Å². The maximum absolute atomic E-state index is 11.2. The number of amides is 1. The highest BCUT2D eigenvalue weighted by atomic mass is 32.1. The van der Waals surface area contributed by atoms with Gasteiger partial charge in [-0.2, -0.15) is 0 Å². The number of nitrogens with two attached hydrogens (primary N) is 2. The van der Waals surface area contributed by atoms with Gasteiger partial charge in [0.2, 0.25) is 0 Å². The van der Waals surface area contributed by atoms with E-state index in [9.17, 15) is 4.79 Å². The molecule has 6 nitrogen and oxygen atoms in total. The molecule has 0 aromatic carbocycles. The van der Waals surface area contributed by atoms with Crippen LogP contribution in [-0.4, -0.2) is 40.3 Å². The molecular weight excluding hydrogens is 242 g/mol. The molecule has 0 aliphatic rings. The number of ether oxygens (including phenoxy) is 2. The Hall–Kier alpha value is -1.47. The maximum Gasteiger partial charge on any atom is 0.261 e. The molecule has 0 bridgehead atoms. The van der Waals surface area contributed by atoms with Gasteiger partial charge in [0.15, 0.2) is 5.75 Å². The summed E-state index contributed by atoms with van der Waals surface area (Å²) in [6.45, 7) is 1.24. The molecule has 17 heavy (non-hydrogen) atoms. The van der Waals surface area contributed by atoms with Crippen LogP contribution in [0.3, 0.4) is 0 Å². The summed E-state index contributed by atoms with van der Waals surface area (Å²) in [5.74, 6) is -0.0559. The van der Waals surface area contributed by atoms with Crippen molar-refractivity contribution in [3.8, 4) is 5.75 Å². The van der Waals surface area contributed by atoms with E-state index in [1.54, 1.807) is 7.11 Å². The second-order valence-electron chi connectivity index (χ2n) is 3.46. The van der Waals surface area contributed by atoms with Crippen LogP contribution >= 0.6 is 11.3 Å². The molecule has 0 spiro atoms. The van der Waals surface area contributed by atoms with Crippen molar-refractivity contribution in [3.05, 3.63) is 4.88 Å². The Morgan fingerprint density at radius 3 is 2.59 bits per heavy atom. The number of methoxy groups -OCH3 is 2. The molecule has 1 rings (SSSR count). The Kier molecular flexibility index (Phi) is 4.59. The minimum absolute atomic E-state index is 0.296. The van der Waals surface area contributed by atoms with E-state index >= 15 is 0 Å². The quantitative estimate of drug-likeness (QED) is 0.777. The van der Waals surface area contributed by atoms with Gasteiger partial charge < -0.3 is 25.8 Å². The average Bonchev–Trinajstić information content (AvgIpc) is 2.63. The molecule has 0 aliphatic heterocycles. The third kappa shape index (κ3) is 2.80. The summed E-state index contributed by atoms with van der Waals surface area (Å²) < 4.78 is 10.2. The molecule has 0 fully saturated rings. The number of hydrogen-bond acceptors (Lipinski definition) is 6. The first kappa shape index (κ1) is 13.6. The predicted octanol–water partition coefficient (Wildman–Crippen LogP) is 0.520. The molecule has 0 aliphatic carbocycles. The number of rotatable bonds is 6.